The van der Waals surface area contributed by atoms with E-state index in [9.17, 15) is 0 Å². The molecule has 0 fully saturated rings. The normalized spacial score (nSPS) is 11.0. The van der Waals surface area contributed by atoms with E-state index in [2.05, 4.69) is 36.4 Å². The first kappa shape index (κ1) is 20.0. The maximum absolute atomic E-state index is 5.65. The molecule has 0 aliphatic carbocycles. The highest BCUT2D eigenvalue weighted by atomic mass is 127. The summed E-state index contributed by atoms with van der Waals surface area (Å²) in [7, 11) is 0. The van der Waals surface area contributed by atoms with Crippen LogP contribution in [-0.4, -0.2) is 31.7 Å². The Hall–Kier alpha value is -0.980. The summed E-state index contributed by atoms with van der Waals surface area (Å²) in [5.41, 5.74) is 0. The molecule has 0 saturated heterocycles. The number of para-hydroxylation sites is 1. The van der Waals surface area contributed by atoms with Crippen molar-refractivity contribution >= 4 is 29.9 Å². The number of benzene rings is 1. The minimum absolute atomic E-state index is 0. The van der Waals surface area contributed by atoms with Gasteiger partial charge in [0.05, 0.1) is 6.61 Å². The zero-order chi connectivity index (χ0) is 14.6. The van der Waals surface area contributed by atoms with E-state index in [1.807, 2.05) is 30.3 Å². The zero-order valence-corrected chi connectivity index (χ0v) is 15.6. The van der Waals surface area contributed by atoms with Crippen molar-refractivity contribution in [3.05, 3.63) is 30.3 Å². The van der Waals surface area contributed by atoms with Gasteiger partial charge in [0.15, 0.2) is 5.96 Å². The third-order valence-corrected chi connectivity index (χ3v) is 2.60. The minimum atomic E-state index is 0. The number of nitrogens with one attached hydrogen (secondary N) is 2. The molecule has 0 bridgehead atoms. The van der Waals surface area contributed by atoms with Crippen molar-refractivity contribution in [3.63, 3.8) is 0 Å². The van der Waals surface area contributed by atoms with Gasteiger partial charge >= 0.3 is 0 Å². The highest BCUT2D eigenvalue weighted by molar-refractivity contribution is 14.0. The molecule has 1 aromatic rings. The average molecular weight is 405 g/mol. The van der Waals surface area contributed by atoms with Crippen LogP contribution in [-0.2, 0) is 0 Å². The maximum atomic E-state index is 5.65. The summed E-state index contributed by atoms with van der Waals surface area (Å²) in [6, 6.07) is 10.3. The van der Waals surface area contributed by atoms with Crippen LogP contribution in [0.5, 0.6) is 5.75 Å². The average Bonchev–Trinajstić information content (AvgIpc) is 2.43. The van der Waals surface area contributed by atoms with Crippen LogP contribution in [0.1, 0.15) is 33.6 Å². The fourth-order valence-electron chi connectivity index (χ4n) is 1.70. The molecule has 4 nitrogen and oxygen atoms in total. The lowest BCUT2D eigenvalue weighted by atomic mass is 10.3. The number of hydrogen-bond acceptors (Lipinski definition) is 2. The van der Waals surface area contributed by atoms with Gasteiger partial charge in [-0.1, -0.05) is 18.2 Å². The largest absolute Gasteiger partial charge is 0.494 e. The topological polar surface area (TPSA) is 45.7 Å². The summed E-state index contributed by atoms with van der Waals surface area (Å²) < 4.78 is 5.65. The van der Waals surface area contributed by atoms with E-state index >= 15 is 0 Å². The second-order valence-electron chi connectivity index (χ2n) is 4.93. The first-order chi connectivity index (χ1) is 9.72. The molecule has 0 unspecified atom stereocenters. The molecule has 5 heteroatoms. The van der Waals surface area contributed by atoms with Crippen molar-refractivity contribution in [2.24, 2.45) is 4.99 Å². The van der Waals surface area contributed by atoms with Crippen LogP contribution >= 0.6 is 24.0 Å². The fourth-order valence-corrected chi connectivity index (χ4v) is 1.70. The Bertz CT molecular complexity index is 382. The molecule has 0 amide bonds. The van der Waals surface area contributed by atoms with Crippen LogP contribution in [0.15, 0.2) is 35.3 Å². The van der Waals surface area contributed by atoms with Gasteiger partial charge in [-0.15, -0.1) is 24.0 Å². The van der Waals surface area contributed by atoms with E-state index in [-0.39, 0.29) is 24.0 Å². The second-order valence-corrected chi connectivity index (χ2v) is 4.93. The van der Waals surface area contributed by atoms with E-state index in [4.69, 9.17) is 4.74 Å². The van der Waals surface area contributed by atoms with Gasteiger partial charge in [0, 0.05) is 19.1 Å². The van der Waals surface area contributed by atoms with Gasteiger partial charge in [-0.2, -0.15) is 0 Å². The smallest absolute Gasteiger partial charge is 0.191 e. The molecule has 0 radical (unpaired) electrons. The number of unbranched alkanes of at least 4 members (excludes halogenated alkanes) is 1. The van der Waals surface area contributed by atoms with E-state index in [1.165, 1.54) is 0 Å². The molecule has 0 aliphatic heterocycles. The Morgan fingerprint density at radius 1 is 1.19 bits per heavy atom. The number of aliphatic imine (C=N–C) groups is 1. The molecule has 2 N–H and O–H groups in total. The highest BCUT2D eigenvalue weighted by Gasteiger charge is 1.98. The highest BCUT2D eigenvalue weighted by Crippen LogP contribution is 2.08. The van der Waals surface area contributed by atoms with Gasteiger partial charge < -0.3 is 15.4 Å². The predicted molar refractivity (Wildman–Crippen MR) is 101 cm³/mol. The standard InChI is InChI=1S/C16H27N3O.HI/c1-4-17-16(19-14(2)3)18-12-8-9-13-20-15-10-6-5-7-11-15;/h5-7,10-11,14H,4,8-9,12-13H2,1-3H3,(H2,17,18,19);1H. The van der Waals surface area contributed by atoms with Gasteiger partial charge in [-0.25, -0.2) is 0 Å². The molecule has 1 aromatic carbocycles. The van der Waals surface area contributed by atoms with Crippen LogP contribution in [0.25, 0.3) is 0 Å². The van der Waals surface area contributed by atoms with Crippen LogP contribution in [0.3, 0.4) is 0 Å². The molecule has 0 saturated carbocycles. The molecule has 120 valence electrons. The van der Waals surface area contributed by atoms with Crippen molar-refractivity contribution in [3.8, 4) is 5.75 Å². The summed E-state index contributed by atoms with van der Waals surface area (Å²) in [5, 5.41) is 6.54. The van der Waals surface area contributed by atoms with Gasteiger partial charge in [0.25, 0.3) is 0 Å². The molecular weight excluding hydrogens is 377 g/mol. The van der Waals surface area contributed by atoms with E-state index in [1.54, 1.807) is 0 Å². The SMILES string of the molecule is CCNC(=NCCCCOc1ccccc1)NC(C)C.I. The molecule has 0 atom stereocenters. The van der Waals surface area contributed by atoms with E-state index in [0.29, 0.717) is 6.04 Å². The third-order valence-electron chi connectivity index (χ3n) is 2.60. The predicted octanol–water partition coefficient (Wildman–Crippen LogP) is 3.43. The van der Waals surface area contributed by atoms with Crippen molar-refractivity contribution < 1.29 is 4.74 Å². The summed E-state index contributed by atoms with van der Waals surface area (Å²) in [5.74, 6) is 1.83. The van der Waals surface area contributed by atoms with E-state index < -0.39 is 0 Å². The van der Waals surface area contributed by atoms with Crippen molar-refractivity contribution in [2.75, 3.05) is 19.7 Å². The summed E-state index contributed by atoms with van der Waals surface area (Å²) in [6.45, 7) is 8.75. The Morgan fingerprint density at radius 3 is 2.52 bits per heavy atom. The summed E-state index contributed by atoms with van der Waals surface area (Å²) >= 11 is 0. The Kier molecular flexibility index (Phi) is 12.1. The molecule has 0 spiro atoms. The fraction of sp³-hybridized carbons (Fsp3) is 0.562. The second kappa shape index (κ2) is 12.7. The number of rotatable bonds is 8. The number of ether oxygens (including phenoxy) is 1. The van der Waals surface area contributed by atoms with Crippen LogP contribution in [0.2, 0.25) is 0 Å². The first-order valence-electron chi connectivity index (χ1n) is 7.45. The van der Waals surface area contributed by atoms with Crippen LogP contribution in [0.4, 0.5) is 0 Å². The maximum Gasteiger partial charge on any atom is 0.191 e. The monoisotopic (exact) mass is 405 g/mol. The van der Waals surface area contributed by atoms with E-state index in [0.717, 1.165) is 44.2 Å². The van der Waals surface area contributed by atoms with Crippen molar-refractivity contribution in [1.29, 1.82) is 0 Å². The van der Waals surface area contributed by atoms with Gasteiger partial charge in [0.2, 0.25) is 0 Å². The van der Waals surface area contributed by atoms with Crippen LogP contribution in [0, 0.1) is 0 Å². The summed E-state index contributed by atoms with van der Waals surface area (Å²) in [6.07, 6.45) is 2.04. The Labute approximate surface area is 145 Å². The quantitative estimate of drug-likeness (QED) is 0.302. The van der Waals surface area contributed by atoms with Gasteiger partial charge in [0.1, 0.15) is 5.75 Å². The lowest BCUT2D eigenvalue weighted by Crippen LogP contribution is -2.41. The first-order valence-corrected chi connectivity index (χ1v) is 7.45. The van der Waals surface area contributed by atoms with Gasteiger partial charge in [-0.3, -0.25) is 4.99 Å². The van der Waals surface area contributed by atoms with Crippen molar-refractivity contribution in [1.82, 2.24) is 10.6 Å². The lowest BCUT2D eigenvalue weighted by molar-refractivity contribution is 0.308. The molecule has 0 aliphatic rings. The Morgan fingerprint density at radius 2 is 1.90 bits per heavy atom. The summed E-state index contributed by atoms with van der Waals surface area (Å²) in [4.78, 5) is 4.54. The number of guanidine groups is 1. The minimum Gasteiger partial charge on any atom is -0.494 e. The molecule has 21 heavy (non-hydrogen) atoms. The molecular formula is C16H28IN3O. The number of hydrogen-bond donors (Lipinski definition) is 2. The van der Waals surface area contributed by atoms with Crippen molar-refractivity contribution in [2.45, 2.75) is 39.7 Å². The Balaban J connectivity index is 0.00000400. The van der Waals surface area contributed by atoms with Gasteiger partial charge in [-0.05, 0) is 45.7 Å². The molecule has 0 aromatic heterocycles. The number of nitrogens with zero attached hydrogens (tertiary/aromatic N) is 1. The zero-order valence-electron chi connectivity index (χ0n) is 13.3. The lowest BCUT2D eigenvalue weighted by Gasteiger charge is -2.13. The third kappa shape index (κ3) is 10.4. The molecule has 0 heterocycles. The number of halogens is 1. The molecule has 1 rings (SSSR count). The van der Waals surface area contributed by atoms with Crippen LogP contribution < -0.4 is 15.4 Å².